The van der Waals surface area contributed by atoms with Crippen molar-refractivity contribution in [3.8, 4) is 0 Å². The lowest BCUT2D eigenvalue weighted by Crippen LogP contribution is -2.32. The Morgan fingerprint density at radius 1 is 0.963 bits per heavy atom. The number of amides is 1. The van der Waals surface area contributed by atoms with Gasteiger partial charge in [0.15, 0.2) is 0 Å². The van der Waals surface area contributed by atoms with Crippen LogP contribution in [0.1, 0.15) is 34.2 Å². The van der Waals surface area contributed by atoms with Crippen LogP contribution in [0.2, 0.25) is 0 Å². The minimum Gasteiger partial charge on any atom is -0.326 e. The molecule has 0 spiro atoms. The van der Waals surface area contributed by atoms with Crippen molar-refractivity contribution >= 4 is 21.6 Å². The molecule has 0 radical (unpaired) electrons. The molecule has 5 nitrogen and oxygen atoms in total. The van der Waals surface area contributed by atoms with Gasteiger partial charge in [0.1, 0.15) is 0 Å². The van der Waals surface area contributed by atoms with Crippen molar-refractivity contribution < 1.29 is 13.2 Å². The Balaban J connectivity index is 2.04. The first kappa shape index (κ1) is 21.1. The molecule has 0 aliphatic carbocycles. The van der Waals surface area contributed by atoms with Gasteiger partial charge in [-0.05, 0) is 44.4 Å². The molecule has 27 heavy (non-hydrogen) atoms. The molecule has 0 atom stereocenters. The molecule has 0 fully saturated rings. The molecule has 0 bridgehead atoms. The van der Waals surface area contributed by atoms with Crippen molar-refractivity contribution in [3.05, 3.63) is 64.2 Å². The van der Waals surface area contributed by atoms with Crippen LogP contribution >= 0.6 is 0 Å². The SMILES string of the molecule is Cc1ccc(CN(CCC(=O)Nc2c(C)cc(C)cc2C)S(C)(=O)=O)cc1. The normalized spacial score (nSPS) is 11.6. The summed E-state index contributed by atoms with van der Waals surface area (Å²) in [6.45, 7) is 8.31. The number of nitrogens with one attached hydrogen (secondary N) is 1. The third-order valence-electron chi connectivity index (χ3n) is 4.48. The van der Waals surface area contributed by atoms with E-state index in [1.54, 1.807) is 0 Å². The van der Waals surface area contributed by atoms with Gasteiger partial charge < -0.3 is 5.32 Å². The third kappa shape index (κ3) is 6.19. The standard InChI is InChI=1S/C21H28N2O3S/c1-15-6-8-19(9-7-15)14-23(27(5,25)26)11-10-20(24)22-21-17(3)12-16(2)13-18(21)4/h6-9,12-13H,10-11,14H2,1-5H3,(H,22,24). The molecular formula is C21H28N2O3S. The van der Waals surface area contributed by atoms with Gasteiger partial charge >= 0.3 is 0 Å². The van der Waals surface area contributed by atoms with E-state index < -0.39 is 10.0 Å². The van der Waals surface area contributed by atoms with E-state index in [0.717, 1.165) is 33.5 Å². The second-order valence-electron chi connectivity index (χ2n) is 7.15. The molecule has 2 aromatic carbocycles. The number of nitrogens with zero attached hydrogens (tertiary/aromatic N) is 1. The number of carbonyl (C=O) groups excluding carboxylic acids is 1. The van der Waals surface area contributed by atoms with Crippen LogP contribution in [0.25, 0.3) is 0 Å². The molecule has 0 unspecified atom stereocenters. The highest BCUT2D eigenvalue weighted by Crippen LogP contribution is 2.22. The van der Waals surface area contributed by atoms with E-state index in [0.29, 0.717) is 0 Å². The monoisotopic (exact) mass is 388 g/mol. The quantitative estimate of drug-likeness (QED) is 0.786. The van der Waals surface area contributed by atoms with Crippen LogP contribution in [0.15, 0.2) is 36.4 Å². The lowest BCUT2D eigenvalue weighted by atomic mass is 10.1. The number of rotatable bonds is 7. The maximum atomic E-state index is 12.4. The summed E-state index contributed by atoms with van der Waals surface area (Å²) < 4.78 is 25.6. The molecule has 1 N–H and O–H groups in total. The number of hydrogen-bond acceptors (Lipinski definition) is 3. The minimum absolute atomic E-state index is 0.103. The largest absolute Gasteiger partial charge is 0.326 e. The van der Waals surface area contributed by atoms with Crippen molar-refractivity contribution in [1.82, 2.24) is 4.31 Å². The first-order valence-electron chi connectivity index (χ1n) is 8.94. The van der Waals surface area contributed by atoms with Gasteiger partial charge in [-0.3, -0.25) is 4.79 Å². The Morgan fingerprint density at radius 2 is 1.52 bits per heavy atom. The number of hydrogen-bond donors (Lipinski definition) is 1. The first-order chi connectivity index (χ1) is 12.6. The fourth-order valence-corrected chi connectivity index (χ4v) is 3.87. The molecule has 0 aliphatic heterocycles. The van der Waals surface area contributed by atoms with Crippen LogP contribution in [-0.4, -0.2) is 31.4 Å². The maximum Gasteiger partial charge on any atom is 0.225 e. The summed E-state index contributed by atoms with van der Waals surface area (Å²) in [7, 11) is -3.41. The molecule has 2 rings (SSSR count). The number of aryl methyl sites for hydroxylation is 4. The average Bonchev–Trinajstić information content (AvgIpc) is 2.55. The highest BCUT2D eigenvalue weighted by atomic mass is 32.2. The number of carbonyl (C=O) groups is 1. The summed E-state index contributed by atoms with van der Waals surface area (Å²) in [5.41, 5.74) is 5.96. The van der Waals surface area contributed by atoms with Crippen molar-refractivity contribution in [1.29, 1.82) is 0 Å². The van der Waals surface area contributed by atoms with E-state index in [-0.39, 0.29) is 25.4 Å². The van der Waals surface area contributed by atoms with Crippen molar-refractivity contribution in [2.24, 2.45) is 0 Å². The zero-order valence-corrected chi connectivity index (χ0v) is 17.5. The zero-order chi connectivity index (χ0) is 20.2. The Bertz CT molecular complexity index is 896. The molecule has 0 saturated carbocycles. The molecule has 146 valence electrons. The van der Waals surface area contributed by atoms with E-state index in [9.17, 15) is 13.2 Å². The minimum atomic E-state index is -3.41. The van der Waals surface area contributed by atoms with Crippen molar-refractivity contribution in [2.45, 2.75) is 40.7 Å². The lowest BCUT2D eigenvalue weighted by Gasteiger charge is -2.20. The van der Waals surface area contributed by atoms with Crippen molar-refractivity contribution in [3.63, 3.8) is 0 Å². The predicted molar refractivity (Wildman–Crippen MR) is 110 cm³/mol. The molecule has 0 saturated heterocycles. The van der Waals surface area contributed by atoms with Crippen LogP contribution in [0.4, 0.5) is 5.69 Å². The second-order valence-corrected chi connectivity index (χ2v) is 9.14. The Labute approximate surface area is 162 Å². The van der Waals surface area contributed by atoms with Crippen LogP contribution in [0.3, 0.4) is 0 Å². The van der Waals surface area contributed by atoms with E-state index >= 15 is 0 Å². The molecular weight excluding hydrogens is 360 g/mol. The van der Waals surface area contributed by atoms with E-state index in [2.05, 4.69) is 5.32 Å². The topological polar surface area (TPSA) is 66.5 Å². The molecule has 0 heterocycles. The first-order valence-corrected chi connectivity index (χ1v) is 10.8. The van der Waals surface area contributed by atoms with Gasteiger partial charge in [0, 0.05) is 25.2 Å². The number of sulfonamides is 1. The molecule has 6 heteroatoms. The van der Waals surface area contributed by atoms with Gasteiger partial charge in [0.05, 0.1) is 6.26 Å². The third-order valence-corrected chi connectivity index (χ3v) is 5.73. The van der Waals surface area contributed by atoms with Crippen LogP contribution in [0, 0.1) is 27.7 Å². The zero-order valence-electron chi connectivity index (χ0n) is 16.7. The van der Waals surface area contributed by atoms with Crippen molar-refractivity contribution in [2.75, 3.05) is 18.1 Å². The maximum absolute atomic E-state index is 12.4. The molecule has 0 aromatic heterocycles. The molecule has 0 aliphatic rings. The van der Waals surface area contributed by atoms with Gasteiger partial charge in [0.25, 0.3) is 0 Å². The Kier molecular flexibility index (Phi) is 6.78. The van der Waals surface area contributed by atoms with Gasteiger partial charge in [-0.25, -0.2) is 8.42 Å². The number of benzene rings is 2. The number of anilines is 1. The van der Waals surface area contributed by atoms with Crippen LogP contribution in [-0.2, 0) is 21.4 Å². The summed E-state index contributed by atoms with van der Waals surface area (Å²) in [4.78, 5) is 12.4. The predicted octanol–water partition coefficient (Wildman–Crippen LogP) is 3.71. The van der Waals surface area contributed by atoms with Gasteiger partial charge in [-0.2, -0.15) is 4.31 Å². The average molecular weight is 389 g/mol. The highest BCUT2D eigenvalue weighted by molar-refractivity contribution is 7.88. The summed E-state index contributed by atoms with van der Waals surface area (Å²) in [6, 6.07) is 11.8. The smallest absolute Gasteiger partial charge is 0.225 e. The van der Waals surface area contributed by atoms with E-state index in [1.807, 2.05) is 64.1 Å². The van der Waals surface area contributed by atoms with E-state index in [4.69, 9.17) is 0 Å². The van der Waals surface area contributed by atoms with Gasteiger partial charge in [0.2, 0.25) is 15.9 Å². The summed E-state index contributed by atoms with van der Waals surface area (Å²) in [5.74, 6) is -0.192. The lowest BCUT2D eigenvalue weighted by molar-refractivity contribution is -0.116. The molecule has 2 aromatic rings. The van der Waals surface area contributed by atoms with Crippen LogP contribution in [0.5, 0.6) is 0 Å². The Morgan fingerprint density at radius 3 is 2.04 bits per heavy atom. The van der Waals surface area contributed by atoms with Gasteiger partial charge in [-0.1, -0.05) is 47.5 Å². The summed E-state index contributed by atoms with van der Waals surface area (Å²) in [6.07, 6.45) is 1.28. The van der Waals surface area contributed by atoms with Crippen LogP contribution < -0.4 is 5.32 Å². The summed E-state index contributed by atoms with van der Waals surface area (Å²) in [5, 5.41) is 2.92. The second kappa shape index (κ2) is 8.67. The highest BCUT2D eigenvalue weighted by Gasteiger charge is 2.19. The summed E-state index contributed by atoms with van der Waals surface area (Å²) >= 11 is 0. The van der Waals surface area contributed by atoms with E-state index in [1.165, 1.54) is 10.6 Å². The fraction of sp³-hybridized carbons (Fsp3) is 0.381. The van der Waals surface area contributed by atoms with Gasteiger partial charge in [-0.15, -0.1) is 0 Å². The molecule has 1 amide bonds. The fourth-order valence-electron chi connectivity index (χ4n) is 3.06. The Hall–Kier alpha value is -2.18.